The molecule has 0 nitrogen and oxygen atoms in total. The Labute approximate surface area is 172 Å². The van der Waals surface area contributed by atoms with Crippen LogP contribution < -0.4 is 0 Å². The zero-order valence-electron chi connectivity index (χ0n) is 17.7. The molecule has 0 saturated carbocycles. The fourth-order valence-electron chi connectivity index (χ4n) is 4.05. The molecule has 0 aliphatic carbocycles. The van der Waals surface area contributed by atoms with E-state index in [9.17, 15) is 0 Å². The van der Waals surface area contributed by atoms with Gasteiger partial charge in [0.15, 0.2) is 0 Å². The second-order valence-electron chi connectivity index (χ2n) is 7.96. The van der Waals surface area contributed by atoms with Crippen LogP contribution in [-0.2, 0) is 0 Å². The van der Waals surface area contributed by atoms with E-state index in [-0.39, 0.29) is 0 Å². The Hall–Kier alpha value is -1.02. The van der Waals surface area contributed by atoms with Crippen LogP contribution in [0.3, 0.4) is 0 Å². The summed E-state index contributed by atoms with van der Waals surface area (Å²) in [6.07, 6.45) is 8.23. The van der Waals surface area contributed by atoms with Gasteiger partial charge in [-0.05, 0) is 0 Å². The summed E-state index contributed by atoms with van der Waals surface area (Å²) in [6.45, 7) is 7.07. The molecule has 0 radical (unpaired) electrons. The molecule has 0 aromatic heterocycles. The van der Waals surface area contributed by atoms with Crippen LogP contribution in [0.1, 0.15) is 70.4 Å². The number of rotatable bonds is 12. The molecule has 0 N–H and O–H groups in total. The van der Waals surface area contributed by atoms with Crippen LogP contribution in [0.15, 0.2) is 64.8 Å². The van der Waals surface area contributed by atoms with Crippen molar-refractivity contribution in [1.82, 2.24) is 0 Å². The maximum atomic E-state index is 2.88. The van der Waals surface area contributed by atoms with E-state index >= 15 is 0 Å². The van der Waals surface area contributed by atoms with Gasteiger partial charge in [0.25, 0.3) is 0 Å². The van der Waals surface area contributed by atoms with Crippen molar-refractivity contribution < 1.29 is 0 Å². The van der Waals surface area contributed by atoms with Crippen LogP contribution in [0, 0.1) is 0 Å². The van der Waals surface area contributed by atoms with Crippen molar-refractivity contribution >= 4 is 24.0 Å². The van der Waals surface area contributed by atoms with Gasteiger partial charge in [-0.2, -0.15) is 0 Å². The van der Waals surface area contributed by atoms with E-state index in [0.29, 0.717) is 0 Å². The molecule has 0 aliphatic rings. The first-order valence-corrected chi connectivity index (χ1v) is 18.8. The summed E-state index contributed by atoms with van der Waals surface area (Å²) in [7, 11) is 0. The third-order valence-corrected chi connectivity index (χ3v) is 19.8. The van der Waals surface area contributed by atoms with Crippen molar-refractivity contribution in [3.63, 3.8) is 0 Å². The number of hydrogen-bond acceptors (Lipinski definition) is 0. The van der Waals surface area contributed by atoms with Crippen molar-refractivity contribution in [1.29, 1.82) is 0 Å². The number of unbranched alkanes of at least 4 members (excludes halogenated alkanes) is 3. The van der Waals surface area contributed by atoms with E-state index in [1.54, 1.807) is 0 Å². The van der Waals surface area contributed by atoms with Crippen LogP contribution in [0.5, 0.6) is 0 Å². The fourth-order valence-corrected chi connectivity index (χ4v) is 19.2. The Balaban J connectivity index is 2.53. The van der Waals surface area contributed by atoms with Gasteiger partial charge in [-0.15, -0.1) is 0 Å². The Morgan fingerprint density at radius 2 is 1.00 bits per heavy atom. The summed E-state index contributed by atoms with van der Waals surface area (Å²) < 4.78 is 7.44. The van der Waals surface area contributed by atoms with Crippen LogP contribution in [0.25, 0.3) is 5.57 Å². The average Bonchev–Trinajstić information content (AvgIpc) is 2.74. The predicted molar refractivity (Wildman–Crippen MR) is 125 cm³/mol. The molecule has 146 valence electrons. The monoisotopic (exact) mass is 470 g/mol. The summed E-state index contributed by atoms with van der Waals surface area (Å²) >= 11 is -2.36. The molecule has 2 aromatic rings. The first-order chi connectivity index (χ1) is 13.2. The topological polar surface area (TPSA) is 0 Å². The van der Waals surface area contributed by atoms with E-state index in [4.69, 9.17) is 0 Å². The Kier molecular flexibility index (Phi) is 10.3. The quantitative estimate of drug-likeness (QED) is 0.274. The van der Waals surface area contributed by atoms with Gasteiger partial charge < -0.3 is 0 Å². The van der Waals surface area contributed by atoms with Crippen molar-refractivity contribution in [3.8, 4) is 0 Å². The molecule has 0 unspecified atom stereocenters. The Bertz CT molecular complexity index is 594. The third-order valence-electron chi connectivity index (χ3n) is 5.70. The van der Waals surface area contributed by atoms with Gasteiger partial charge in [-0.1, -0.05) is 0 Å². The molecule has 0 amide bonds. The second kappa shape index (κ2) is 12.4. The molecule has 0 atom stereocenters. The van der Waals surface area contributed by atoms with Crippen LogP contribution in [0.4, 0.5) is 0 Å². The summed E-state index contributed by atoms with van der Waals surface area (Å²) in [5.74, 6) is 0. The van der Waals surface area contributed by atoms with Gasteiger partial charge in [0.2, 0.25) is 0 Å². The Morgan fingerprint density at radius 1 is 0.630 bits per heavy atom. The van der Waals surface area contributed by atoms with E-state index in [0.717, 1.165) is 0 Å². The fraction of sp³-hybridized carbons (Fsp3) is 0.462. The summed E-state index contributed by atoms with van der Waals surface area (Å²) in [5.41, 5.74) is 4.30. The van der Waals surface area contributed by atoms with Crippen molar-refractivity contribution in [2.45, 2.75) is 72.6 Å². The minimum atomic E-state index is -2.36. The molecular weight excluding hydrogens is 431 g/mol. The molecule has 2 rings (SSSR count). The van der Waals surface area contributed by atoms with Gasteiger partial charge in [0, 0.05) is 0 Å². The van der Waals surface area contributed by atoms with Crippen LogP contribution in [-0.4, -0.2) is 18.4 Å². The molecule has 2 aromatic carbocycles. The van der Waals surface area contributed by atoms with Gasteiger partial charge in [0.05, 0.1) is 0 Å². The van der Waals surface area contributed by atoms with E-state index in [2.05, 4.69) is 85.5 Å². The number of benzene rings is 2. The summed E-state index contributed by atoms with van der Waals surface area (Å²) in [4.78, 5) is 0. The number of hydrogen-bond donors (Lipinski definition) is 0. The summed E-state index contributed by atoms with van der Waals surface area (Å²) in [5, 5.41) is 0. The van der Waals surface area contributed by atoms with Crippen molar-refractivity contribution in [2.24, 2.45) is 0 Å². The van der Waals surface area contributed by atoms with Gasteiger partial charge in [-0.25, -0.2) is 0 Å². The van der Waals surface area contributed by atoms with Gasteiger partial charge in [-0.3, -0.25) is 0 Å². The molecule has 0 spiro atoms. The zero-order valence-corrected chi connectivity index (χ0v) is 20.6. The predicted octanol–water partition coefficient (Wildman–Crippen LogP) is 8.51. The molecular formula is C26H38Sn. The maximum absolute atomic E-state index is 2.88. The average molecular weight is 469 g/mol. The van der Waals surface area contributed by atoms with Crippen molar-refractivity contribution in [2.75, 3.05) is 0 Å². The van der Waals surface area contributed by atoms with Crippen LogP contribution in [0.2, 0.25) is 13.3 Å². The van der Waals surface area contributed by atoms with E-state index in [1.165, 1.54) is 68.5 Å². The molecule has 0 aliphatic heterocycles. The zero-order chi connectivity index (χ0) is 19.4. The molecule has 0 heterocycles. The van der Waals surface area contributed by atoms with Gasteiger partial charge >= 0.3 is 172 Å². The molecule has 27 heavy (non-hydrogen) atoms. The first-order valence-electron chi connectivity index (χ1n) is 11.1. The molecule has 0 fully saturated rings. The first kappa shape index (κ1) is 22.3. The van der Waals surface area contributed by atoms with E-state index < -0.39 is 18.4 Å². The Morgan fingerprint density at radius 3 is 1.33 bits per heavy atom. The third kappa shape index (κ3) is 7.14. The van der Waals surface area contributed by atoms with Crippen molar-refractivity contribution in [3.05, 3.63) is 75.9 Å². The summed E-state index contributed by atoms with van der Waals surface area (Å²) in [6, 6.07) is 22.2. The normalized spacial score (nSPS) is 11.4. The van der Waals surface area contributed by atoms with Crippen LogP contribution >= 0.6 is 0 Å². The minimum absolute atomic E-state index is 1.33. The molecule has 0 bridgehead atoms. The SMILES string of the molecule is CCC[CH2][Sn]([CH]=C(c1ccccc1)c1ccccc1)([CH2]CCC)[CH2]CCC. The second-order valence-corrected chi connectivity index (χ2v) is 20.8. The molecule has 1 heteroatoms. The van der Waals surface area contributed by atoms with Gasteiger partial charge in [0.1, 0.15) is 0 Å². The van der Waals surface area contributed by atoms with E-state index in [1.807, 2.05) is 0 Å². The molecule has 0 saturated heterocycles. The standard InChI is InChI=1S/C14H11.3C4H9.Sn/c1-12(13-8-4-2-5-9-13)14-10-6-3-7-11-14;3*1-3-4-2;/h1-11H;3*1,3-4H2,2H3;.